The van der Waals surface area contributed by atoms with Gasteiger partial charge in [0.1, 0.15) is 5.82 Å². The van der Waals surface area contributed by atoms with E-state index in [0.29, 0.717) is 12.0 Å². The van der Waals surface area contributed by atoms with E-state index in [1.165, 1.54) is 6.20 Å². The third-order valence-electron chi connectivity index (χ3n) is 3.56. The number of carbonyl (C=O) groups is 1. The fourth-order valence-electron chi connectivity index (χ4n) is 2.52. The number of pyridine rings is 1. The van der Waals surface area contributed by atoms with Gasteiger partial charge in [-0.05, 0) is 31.4 Å². The Labute approximate surface area is 127 Å². The molecule has 0 amide bonds. The molecule has 1 saturated carbocycles. The Bertz CT molecular complexity index is 634. The summed E-state index contributed by atoms with van der Waals surface area (Å²) < 4.78 is 0. The Kier molecular flexibility index (Phi) is 4.08. The summed E-state index contributed by atoms with van der Waals surface area (Å²) in [6.07, 6.45) is 5.89. The van der Waals surface area contributed by atoms with E-state index in [2.05, 4.69) is 30.8 Å². The summed E-state index contributed by atoms with van der Waals surface area (Å²) in [4.78, 5) is 18.9. The highest BCUT2D eigenvalue weighted by atomic mass is 16.4. The van der Waals surface area contributed by atoms with Gasteiger partial charge in [-0.3, -0.25) is 0 Å². The van der Waals surface area contributed by atoms with Crippen molar-refractivity contribution in [1.29, 1.82) is 0 Å². The maximum Gasteiger partial charge on any atom is 0.358 e. The van der Waals surface area contributed by atoms with Crippen molar-refractivity contribution in [2.45, 2.75) is 31.3 Å². The first kappa shape index (κ1) is 14.2. The standard InChI is InChI=1S/C14H16N6O2/c21-13(22)11-8-16-14(20-19-11)18-10-5-4-9(7-10)17-12-3-1-2-6-15-12/h1-3,6,8-10H,4-5,7H2,(H,15,17)(H,21,22)(H,16,18,20). The Morgan fingerprint density at radius 1 is 1.14 bits per heavy atom. The predicted octanol–water partition coefficient (Wildman–Crippen LogP) is 1.41. The molecule has 0 bridgehead atoms. The van der Waals surface area contributed by atoms with E-state index in [9.17, 15) is 4.79 Å². The van der Waals surface area contributed by atoms with Gasteiger partial charge in [-0.2, -0.15) is 0 Å². The second kappa shape index (κ2) is 6.33. The molecule has 1 fully saturated rings. The van der Waals surface area contributed by atoms with Crippen molar-refractivity contribution in [2.24, 2.45) is 0 Å². The first-order chi connectivity index (χ1) is 10.7. The summed E-state index contributed by atoms with van der Waals surface area (Å²) in [5, 5.41) is 22.7. The molecule has 2 unspecified atom stereocenters. The van der Waals surface area contributed by atoms with Crippen LogP contribution >= 0.6 is 0 Å². The van der Waals surface area contributed by atoms with Crippen LogP contribution in [0, 0.1) is 0 Å². The summed E-state index contributed by atoms with van der Waals surface area (Å²) in [5.41, 5.74) is -0.160. The lowest BCUT2D eigenvalue weighted by Crippen LogP contribution is -2.22. The number of nitrogens with zero attached hydrogens (tertiary/aromatic N) is 4. The van der Waals surface area contributed by atoms with Crippen LogP contribution in [0.2, 0.25) is 0 Å². The van der Waals surface area contributed by atoms with E-state index in [1.807, 2.05) is 18.2 Å². The summed E-state index contributed by atoms with van der Waals surface area (Å²) in [6.45, 7) is 0. The highest BCUT2D eigenvalue weighted by molar-refractivity contribution is 5.84. The highest BCUT2D eigenvalue weighted by Crippen LogP contribution is 2.24. The number of aromatic nitrogens is 4. The van der Waals surface area contributed by atoms with Gasteiger partial charge < -0.3 is 15.7 Å². The lowest BCUT2D eigenvalue weighted by atomic mass is 10.2. The normalized spacial score (nSPS) is 20.5. The average Bonchev–Trinajstić information content (AvgIpc) is 2.96. The van der Waals surface area contributed by atoms with Crippen molar-refractivity contribution >= 4 is 17.7 Å². The topological polar surface area (TPSA) is 113 Å². The Morgan fingerprint density at radius 3 is 2.59 bits per heavy atom. The predicted molar refractivity (Wildman–Crippen MR) is 79.7 cm³/mol. The quantitative estimate of drug-likeness (QED) is 0.759. The van der Waals surface area contributed by atoms with Gasteiger partial charge in [-0.25, -0.2) is 14.8 Å². The van der Waals surface area contributed by atoms with E-state index in [4.69, 9.17) is 5.11 Å². The number of carboxylic acids is 1. The molecule has 0 saturated heterocycles. The van der Waals surface area contributed by atoms with E-state index in [0.717, 1.165) is 25.1 Å². The van der Waals surface area contributed by atoms with Gasteiger partial charge in [-0.15, -0.1) is 10.2 Å². The molecule has 2 aromatic rings. The number of aromatic carboxylic acids is 1. The van der Waals surface area contributed by atoms with Crippen molar-refractivity contribution < 1.29 is 9.90 Å². The molecule has 1 aliphatic rings. The van der Waals surface area contributed by atoms with Crippen molar-refractivity contribution in [1.82, 2.24) is 20.2 Å². The van der Waals surface area contributed by atoms with Gasteiger partial charge >= 0.3 is 5.97 Å². The van der Waals surface area contributed by atoms with Crippen LogP contribution in [-0.2, 0) is 0 Å². The van der Waals surface area contributed by atoms with Gasteiger partial charge in [0, 0.05) is 18.3 Å². The number of hydrogen-bond donors (Lipinski definition) is 3. The molecule has 2 atom stereocenters. The molecular weight excluding hydrogens is 284 g/mol. The number of carboxylic acid groups (broad SMARTS) is 1. The Balaban J connectivity index is 1.53. The molecule has 3 N–H and O–H groups in total. The molecule has 8 nitrogen and oxygen atoms in total. The first-order valence-corrected chi connectivity index (χ1v) is 7.08. The minimum Gasteiger partial charge on any atom is -0.476 e. The molecule has 2 heterocycles. The molecule has 22 heavy (non-hydrogen) atoms. The largest absolute Gasteiger partial charge is 0.476 e. The van der Waals surface area contributed by atoms with Gasteiger partial charge in [0.05, 0.1) is 6.20 Å². The number of rotatable bonds is 5. The van der Waals surface area contributed by atoms with Crippen LogP contribution in [0.3, 0.4) is 0 Å². The summed E-state index contributed by atoms with van der Waals surface area (Å²) in [6, 6.07) is 6.36. The van der Waals surface area contributed by atoms with Crippen LogP contribution < -0.4 is 10.6 Å². The highest BCUT2D eigenvalue weighted by Gasteiger charge is 2.25. The van der Waals surface area contributed by atoms with Crippen LogP contribution in [0.15, 0.2) is 30.6 Å². The van der Waals surface area contributed by atoms with Crippen molar-refractivity contribution in [2.75, 3.05) is 10.6 Å². The van der Waals surface area contributed by atoms with Gasteiger partial charge in [0.25, 0.3) is 0 Å². The van der Waals surface area contributed by atoms with E-state index in [-0.39, 0.29) is 11.7 Å². The first-order valence-electron chi connectivity index (χ1n) is 7.08. The molecule has 8 heteroatoms. The Hall–Kier alpha value is -2.77. The Morgan fingerprint density at radius 2 is 1.95 bits per heavy atom. The van der Waals surface area contributed by atoms with E-state index in [1.54, 1.807) is 6.20 Å². The smallest absolute Gasteiger partial charge is 0.358 e. The molecule has 114 valence electrons. The average molecular weight is 300 g/mol. The van der Waals surface area contributed by atoms with Crippen molar-refractivity contribution in [3.63, 3.8) is 0 Å². The monoisotopic (exact) mass is 300 g/mol. The fraction of sp³-hybridized carbons (Fsp3) is 0.357. The summed E-state index contributed by atoms with van der Waals surface area (Å²) in [5.74, 6) is 0.0948. The number of anilines is 2. The van der Waals surface area contributed by atoms with Gasteiger partial charge in [-0.1, -0.05) is 6.07 Å². The third kappa shape index (κ3) is 3.46. The second-order valence-corrected chi connectivity index (χ2v) is 5.18. The SMILES string of the molecule is O=C(O)c1cnc(NC2CCC(Nc3ccccn3)C2)nn1. The second-order valence-electron chi connectivity index (χ2n) is 5.18. The molecule has 2 aromatic heterocycles. The van der Waals surface area contributed by atoms with E-state index < -0.39 is 5.97 Å². The van der Waals surface area contributed by atoms with Gasteiger partial charge in [0.2, 0.25) is 5.95 Å². The fourth-order valence-corrected chi connectivity index (χ4v) is 2.52. The maximum atomic E-state index is 10.7. The van der Waals surface area contributed by atoms with Crippen LogP contribution in [-0.4, -0.2) is 43.3 Å². The lowest BCUT2D eigenvalue weighted by Gasteiger charge is -2.14. The summed E-state index contributed by atoms with van der Waals surface area (Å²) >= 11 is 0. The van der Waals surface area contributed by atoms with E-state index >= 15 is 0 Å². The number of nitrogens with one attached hydrogen (secondary N) is 2. The minimum atomic E-state index is -1.13. The van der Waals surface area contributed by atoms with Crippen molar-refractivity contribution in [3.05, 3.63) is 36.3 Å². The number of hydrogen-bond acceptors (Lipinski definition) is 7. The van der Waals surface area contributed by atoms with Crippen LogP contribution in [0.25, 0.3) is 0 Å². The molecule has 3 rings (SSSR count). The molecule has 0 aliphatic heterocycles. The summed E-state index contributed by atoms with van der Waals surface area (Å²) in [7, 11) is 0. The van der Waals surface area contributed by atoms with Gasteiger partial charge in [0.15, 0.2) is 5.69 Å². The van der Waals surface area contributed by atoms with Crippen molar-refractivity contribution in [3.8, 4) is 0 Å². The lowest BCUT2D eigenvalue weighted by molar-refractivity contribution is 0.0688. The zero-order valence-corrected chi connectivity index (χ0v) is 11.8. The van der Waals surface area contributed by atoms with Crippen LogP contribution in [0.1, 0.15) is 29.8 Å². The molecule has 0 radical (unpaired) electrons. The molecule has 0 spiro atoms. The van der Waals surface area contributed by atoms with Crippen LogP contribution in [0.5, 0.6) is 0 Å². The zero-order valence-electron chi connectivity index (χ0n) is 11.8. The zero-order chi connectivity index (χ0) is 15.4. The molecular formula is C14H16N6O2. The minimum absolute atomic E-state index is 0.160. The third-order valence-corrected chi connectivity index (χ3v) is 3.56. The molecule has 0 aromatic carbocycles. The maximum absolute atomic E-state index is 10.7. The van der Waals surface area contributed by atoms with Crippen LogP contribution in [0.4, 0.5) is 11.8 Å². The molecule has 1 aliphatic carbocycles.